The fourth-order valence-electron chi connectivity index (χ4n) is 1.62. The van der Waals surface area contributed by atoms with Crippen LogP contribution in [0.4, 0.5) is 4.79 Å². The van der Waals surface area contributed by atoms with Crippen LogP contribution in [-0.4, -0.2) is 53.2 Å². The summed E-state index contributed by atoms with van der Waals surface area (Å²) in [6, 6.07) is -0.136. The van der Waals surface area contributed by atoms with Crippen molar-refractivity contribution in [1.29, 1.82) is 0 Å². The number of carboxylic acid groups (broad SMARTS) is 1. The first-order valence-electron chi connectivity index (χ1n) is 5.58. The first-order chi connectivity index (χ1) is 8.66. The lowest BCUT2D eigenvalue weighted by Gasteiger charge is -2.27. The molecule has 98 valence electrons. The van der Waals surface area contributed by atoms with Crippen LogP contribution in [0.5, 0.6) is 0 Å². The molecule has 1 saturated heterocycles. The second-order valence-electron chi connectivity index (χ2n) is 3.83. The molecule has 3 N–H and O–H groups in total. The van der Waals surface area contributed by atoms with E-state index in [0.29, 0.717) is 18.1 Å². The molecule has 0 saturated carbocycles. The topological polar surface area (TPSA) is 94.6 Å². The zero-order valence-corrected chi connectivity index (χ0v) is 10.5. The predicted molar refractivity (Wildman–Crippen MR) is 65.8 cm³/mol. The molecule has 0 radical (unpaired) electrons. The van der Waals surface area contributed by atoms with Crippen LogP contribution in [0.25, 0.3) is 0 Å². The summed E-state index contributed by atoms with van der Waals surface area (Å²) in [6.45, 7) is 3.23. The van der Waals surface area contributed by atoms with Crippen molar-refractivity contribution in [3.63, 3.8) is 0 Å². The Morgan fingerprint density at radius 2 is 2.22 bits per heavy atom. The molecule has 18 heavy (non-hydrogen) atoms. The van der Waals surface area contributed by atoms with E-state index in [-0.39, 0.29) is 18.3 Å². The van der Waals surface area contributed by atoms with Crippen LogP contribution < -0.4 is 10.6 Å². The van der Waals surface area contributed by atoms with Crippen LogP contribution in [-0.2, 0) is 6.54 Å². The largest absolute Gasteiger partial charge is 0.476 e. The Kier molecular flexibility index (Phi) is 4.11. The number of carbonyl (C=O) groups excluding carboxylic acids is 1. The summed E-state index contributed by atoms with van der Waals surface area (Å²) in [5.41, 5.74) is 0.0198. The Balaban J connectivity index is 1.82. The lowest BCUT2D eigenvalue weighted by molar-refractivity contribution is 0.0691. The number of hydrogen-bond acceptors (Lipinski definition) is 5. The highest BCUT2D eigenvalue weighted by Crippen LogP contribution is 2.09. The number of aromatic carboxylic acids is 1. The molecule has 1 fully saturated rings. The molecule has 1 aromatic rings. The first-order valence-corrected chi connectivity index (χ1v) is 6.46. The molecule has 1 aliphatic heterocycles. The number of aromatic nitrogens is 1. The van der Waals surface area contributed by atoms with E-state index in [9.17, 15) is 9.59 Å². The van der Waals surface area contributed by atoms with Crippen LogP contribution >= 0.6 is 11.3 Å². The molecule has 0 aromatic carbocycles. The van der Waals surface area contributed by atoms with Gasteiger partial charge in [-0.1, -0.05) is 0 Å². The number of hydrogen-bond donors (Lipinski definition) is 3. The second kappa shape index (κ2) is 5.78. The fourth-order valence-corrected chi connectivity index (χ4v) is 2.33. The van der Waals surface area contributed by atoms with Gasteiger partial charge in [0, 0.05) is 31.6 Å². The Morgan fingerprint density at radius 3 is 2.83 bits per heavy atom. The van der Waals surface area contributed by atoms with E-state index < -0.39 is 5.97 Å². The molecular formula is C10H14N4O3S. The minimum Gasteiger partial charge on any atom is -0.476 e. The third kappa shape index (κ3) is 3.17. The van der Waals surface area contributed by atoms with Gasteiger partial charge in [-0.15, -0.1) is 11.3 Å². The zero-order chi connectivity index (χ0) is 13.0. The Labute approximate surface area is 108 Å². The van der Waals surface area contributed by atoms with Gasteiger partial charge in [0.05, 0.1) is 6.54 Å². The summed E-state index contributed by atoms with van der Waals surface area (Å²) >= 11 is 1.23. The number of amides is 2. The minimum absolute atomic E-state index is 0.0198. The molecule has 8 heteroatoms. The molecule has 2 rings (SSSR count). The van der Waals surface area contributed by atoms with Gasteiger partial charge in [-0.05, 0) is 0 Å². The van der Waals surface area contributed by atoms with Crippen LogP contribution in [0.1, 0.15) is 15.5 Å². The lowest BCUT2D eigenvalue weighted by atomic mass is 10.4. The first kappa shape index (κ1) is 12.8. The van der Waals surface area contributed by atoms with Gasteiger partial charge in [0.15, 0.2) is 5.69 Å². The van der Waals surface area contributed by atoms with E-state index >= 15 is 0 Å². The van der Waals surface area contributed by atoms with Crippen LogP contribution in [0.15, 0.2) is 5.38 Å². The maximum atomic E-state index is 11.8. The lowest BCUT2D eigenvalue weighted by Crippen LogP contribution is -2.50. The molecule has 0 spiro atoms. The van der Waals surface area contributed by atoms with Crippen molar-refractivity contribution < 1.29 is 14.7 Å². The summed E-state index contributed by atoms with van der Waals surface area (Å²) < 4.78 is 0. The van der Waals surface area contributed by atoms with Crippen LogP contribution in [0.3, 0.4) is 0 Å². The molecule has 0 aliphatic carbocycles. The van der Waals surface area contributed by atoms with Crippen LogP contribution in [0, 0.1) is 0 Å². The minimum atomic E-state index is -1.05. The van der Waals surface area contributed by atoms with Crippen molar-refractivity contribution in [3.05, 3.63) is 16.1 Å². The van der Waals surface area contributed by atoms with E-state index in [1.807, 2.05) is 0 Å². The normalized spacial score (nSPS) is 15.4. The molecule has 1 aliphatic rings. The van der Waals surface area contributed by atoms with E-state index in [1.54, 1.807) is 4.90 Å². The number of nitrogens with zero attached hydrogens (tertiary/aromatic N) is 2. The van der Waals surface area contributed by atoms with Crippen molar-refractivity contribution in [3.8, 4) is 0 Å². The van der Waals surface area contributed by atoms with Gasteiger partial charge in [0.1, 0.15) is 5.01 Å². The number of carboxylic acids is 1. The molecule has 1 aromatic heterocycles. The summed E-state index contributed by atoms with van der Waals surface area (Å²) in [7, 11) is 0. The predicted octanol–water partition coefficient (Wildman–Crippen LogP) is -0.0439. The molecule has 7 nitrogen and oxygen atoms in total. The summed E-state index contributed by atoms with van der Waals surface area (Å²) in [5, 5.41) is 16.7. The third-order valence-corrected chi connectivity index (χ3v) is 3.41. The van der Waals surface area contributed by atoms with Crippen molar-refractivity contribution in [2.24, 2.45) is 0 Å². The highest BCUT2D eigenvalue weighted by molar-refractivity contribution is 7.09. The standard InChI is InChI=1S/C10H14N4O3S/c15-9(16)7-6-18-8(13-7)5-12-10(17)14-3-1-11-2-4-14/h6,11H,1-5H2,(H,12,17)(H,15,16). The number of carbonyl (C=O) groups is 2. The van der Waals surface area contributed by atoms with Gasteiger partial charge in [-0.25, -0.2) is 14.6 Å². The summed E-state index contributed by atoms with van der Waals surface area (Å²) in [6.07, 6.45) is 0. The third-order valence-electron chi connectivity index (χ3n) is 2.57. The summed E-state index contributed by atoms with van der Waals surface area (Å²) in [4.78, 5) is 28.0. The van der Waals surface area contributed by atoms with E-state index in [0.717, 1.165) is 13.1 Å². The van der Waals surface area contributed by atoms with E-state index in [4.69, 9.17) is 5.11 Å². The van der Waals surface area contributed by atoms with Crippen LogP contribution in [0.2, 0.25) is 0 Å². The van der Waals surface area contributed by atoms with Gasteiger partial charge in [0.25, 0.3) is 0 Å². The second-order valence-corrected chi connectivity index (χ2v) is 4.77. The molecular weight excluding hydrogens is 256 g/mol. The number of urea groups is 1. The van der Waals surface area contributed by atoms with E-state index in [1.165, 1.54) is 16.7 Å². The van der Waals surface area contributed by atoms with Gasteiger partial charge < -0.3 is 20.6 Å². The van der Waals surface area contributed by atoms with Crippen molar-refractivity contribution in [2.75, 3.05) is 26.2 Å². The number of rotatable bonds is 3. The zero-order valence-electron chi connectivity index (χ0n) is 9.68. The quantitative estimate of drug-likeness (QED) is 0.716. The highest BCUT2D eigenvalue weighted by Gasteiger charge is 2.16. The summed E-state index contributed by atoms with van der Waals surface area (Å²) in [5.74, 6) is -1.05. The smallest absolute Gasteiger partial charge is 0.355 e. The Morgan fingerprint density at radius 1 is 1.50 bits per heavy atom. The van der Waals surface area contributed by atoms with Gasteiger partial charge in [0.2, 0.25) is 0 Å². The molecule has 0 atom stereocenters. The number of nitrogens with one attached hydrogen (secondary N) is 2. The molecule has 0 bridgehead atoms. The van der Waals surface area contributed by atoms with Crippen molar-refractivity contribution in [2.45, 2.75) is 6.54 Å². The molecule has 2 heterocycles. The molecule has 2 amide bonds. The SMILES string of the molecule is O=C(O)c1csc(CNC(=O)N2CCNCC2)n1. The van der Waals surface area contributed by atoms with Gasteiger partial charge >= 0.3 is 12.0 Å². The van der Waals surface area contributed by atoms with Gasteiger partial charge in [-0.2, -0.15) is 0 Å². The van der Waals surface area contributed by atoms with E-state index in [2.05, 4.69) is 15.6 Å². The molecule has 0 unspecified atom stereocenters. The van der Waals surface area contributed by atoms with Gasteiger partial charge in [-0.3, -0.25) is 0 Å². The number of piperazine rings is 1. The fraction of sp³-hybridized carbons (Fsp3) is 0.500. The average Bonchev–Trinajstić information content (AvgIpc) is 2.86. The average molecular weight is 270 g/mol. The van der Waals surface area contributed by atoms with Crippen molar-refractivity contribution >= 4 is 23.3 Å². The maximum absolute atomic E-state index is 11.8. The highest BCUT2D eigenvalue weighted by atomic mass is 32.1. The number of thiazole rings is 1. The maximum Gasteiger partial charge on any atom is 0.355 e. The monoisotopic (exact) mass is 270 g/mol. The Hall–Kier alpha value is -1.67. The van der Waals surface area contributed by atoms with Crippen molar-refractivity contribution in [1.82, 2.24) is 20.5 Å². The Bertz CT molecular complexity index is 442.